The summed E-state index contributed by atoms with van der Waals surface area (Å²) >= 11 is 0. The number of hydrogen-bond donors (Lipinski definition) is 1. The molecule has 1 heterocycles. The highest BCUT2D eigenvalue weighted by Crippen LogP contribution is 2.12. The molecule has 0 saturated carbocycles. The van der Waals surface area contributed by atoms with E-state index in [-0.39, 0.29) is 18.0 Å². The van der Waals surface area contributed by atoms with Gasteiger partial charge in [-0.25, -0.2) is 4.68 Å². The Labute approximate surface area is 152 Å². The number of hydrogen-bond acceptors (Lipinski definition) is 4. The zero-order valence-electron chi connectivity index (χ0n) is 15.0. The molecule has 0 aliphatic rings. The Morgan fingerprint density at radius 1 is 1.12 bits per heavy atom. The third-order valence-corrected chi connectivity index (χ3v) is 4.24. The summed E-state index contributed by atoms with van der Waals surface area (Å²) < 4.78 is 1.20. The van der Waals surface area contributed by atoms with Gasteiger partial charge in [0.25, 0.3) is 5.56 Å². The third kappa shape index (κ3) is 4.08. The van der Waals surface area contributed by atoms with Crippen LogP contribution in [0.25, 0.3) is 10.8 Å². The van der Waals surface area contributed by atoms with Crippen LogP contribution < -0.4 is 15.8 Å². The fourth-order valence-electron chi connectivity index (χ4n) is 2.74. The molecule has 0 aliphatic heterocycles. The Morgan fingerprint density at radius 2 is 1.85 bits per heavy atom. The summed E-state index contributed by atoms with van der Waals surface area (Å²) in [7, 11) is 4.00. The Bertz CT molecular complexity index is 961. The molecule has 0 spiro atoms. The first-order valence-corrected chi connectivity index (χ1v) is 8.52. The summed E-state index contributed by atoms with van der Waals surface area (Å²) in [4.78, 5) is 26.5. The maximum absolute atomic E-state index is 12.4. The summed E-state index contributed by atoms with van der Waals surface area (Å²) in [6.07, 6.45) is 2.34. The van der Waals surface area contributed by atoms with Gasteiger partial charge in [0.15, 0.2) is 0 Å². The number of carbonyl (C=O) groups excluding carboxylic acids is 1. The lowest BCUT2D eigenvalue weighted by Crippen LogP contribution is -2.34. The average Bonchev–Trinajstić information content (AvgIpc) is 2.65. The fraction of sp³-hybridized carbons (Fsp3) is 0.250. The largest absolute Gasteiger partial charge is 0.378 e. The van der Waals surface area contributed by atoms with Gasteiger partial charge >= 0.3 is 0 Å². The highest BCUT2D eigenvalue weighted by atomic mass is 16.2. The van der Waals surface area contributed by atoms with E-state index in [9.17, 15) is 9.59 Å². The van der Waals surface area contributed by atoms with Crippen LogP contribution in [-0.2, 0) is 17.8 Å². The number of carbonyl (C=O) groups is 1. The third-order valence-electron chi connectivity index (χ3n) is 4.24. The van der Waals surface area contributed by atoms with Gasteiger partial charge in [-0.3, -0.25) is 9.59 Å². The molecule has 2 aromatic carbocycles. The molecule has 0 aliphatic carbocycles. The van der Waals surface area contributed by atoms with E-state index < -0.39 is 0 Å². The van der Waals surface area contributed by atoms with Gasteiger partial charge in [-0.15, -0.1) is 0 Å². The van der Waals surface area contributed by atoms with Crippen LogP contribution in [0.15, 0.2) is 59.5 Å². The van der Waals surface area contributed by atoms with Crippen molar-refractivity contribution in [2.45, 2.75) is 13.0 Å². The first kappa shape index (κ1) is 17.7. The second-order valence-corrected chi connectivity index (χ2v) is 6.36. The van der Waals surface area contributed by atoms with E-state index in [4.69, 9.17) is 0 Å². The normalized spacial score (nSPS) is 10.7. The second kappa shape index (κ2) is 7.82. The van der Waals surface area contributed by atoms with Crippen LogP contribution in [0.3, 0.4) is 0 Å². The van der Waals surface area contributed by atoms with Crippen molar-refractivity contribution < 1.29 is 4.79 Å². The van der Waals surface area contributed by atoms with E-state index in [1.165, 1.54) is 4.68 Å². The van der Waals surface area contributed by atoms with Gasteiger partial charge in [0.1, 0.15) is 6.54 Å². The molecule has 0 atom stereocenters. The molecule has 0 saturated heterocycles. The SMILES string of the molecule is CN(C)c1ccc(CCNC(=O)Cn2ncc3ccccc3c2=O)cc1. The summed E-state index contributed by atoms with van der Waals surface area (Å²) in [5.41, 5.74) is 2.04. The lowest BCUT2D eigenvalue weighted by atomic mass is 10.1. The Kier molecular flexibility index (Phi) is 5.31. The smallest absolute Gasteiger partial charge is 0.275 e. The van der Waals surface area contributed by atoms with Crippen LogP contribution in [0.2, 0.25) is 0 Å². The van der Waals surface area contributed by atoms with Crippen LogP contribution in [-0.4, -0.2) is 36.3 Å². The zero-order chi connectivity index (χ0) is 18.5. The lowest BCUT2D eigenvalue weighted by molar-refractivity contribution is -0.121. The predicted octanol–water partition coefficient (Wildman–Crippen LogP) is 1.82. The molecule has 1 amide bonds. The molecular weight excluding hydrogens is 328 g/mol. The number of nitrogens with one attached hydrogen (secondary N) is 1. The molecule has 0 radical (unpaired) electrons. The van der Waals surface area contributed by atoms with Crippen molar-refractivity contribution in [2.75, 3.05) is 25.5 Å². The summed E-state index contributed by atoms with van der Waals surface area (Å²) in [5.74, 6) is -0.222. The second-order valence-electron chi connectivity index (χ2n) is 6.36. The maximum Gasteiger partial charge on any atom is 0.275 e. The molecule has 26 heavy (non-hydrogen) atoms. The van der Waals surface area contributed by atoms with Crippen molar-refractivity contribution in [3.05, 3.63) is 70.6 Å². The van der Waals surface area contributed by atoms with Gasteiger partial charge in [-0.2, -0.15) is 5.10 Å². The molecule has 3 aromatic rings. The minimum Gasteiger partial charge on any atom is -0.378 e. The van der Waals surface area contributed by atoms with Crippen molar-refractivity contribution in [1.82, 2.24) is 15.1 Å². The van der Waals surface area contributed by atoms with E-state index in [1.54, 1.807) is 18.3 Å². The topological polar surface area (TPSA) is 67.2 Å². The number of benzene rings is 2. The number of rotatable bonds is 6. The van der Waals surface area contributed by atoms with E-state index in [1.807, 2.05) is 31.1 Å². The Morgan fingerprint density at radius 3 is 2.58 bits per heavy atom. The van der Waals surface area contributed by atoms with Crippen LogP contribution >= 0.6 is 0 Å². The Hall–Kier alpha value is -3.15. The van der Waals surface area contributed by atoms with Gasteiger partial charge in [0, 0.05) is 31.7 Å². The lowest BCUT2D eigenvalue weighted by Gasteiger charge is -2.12. The van der Waals surface area contributed by atoms with Crippen molar-refractivity contribution in [1.29, 1.82) is 0 Å². The molecule has 0 bridgehead atoms. The summed E-state index contributed by atoms with van der Waals surface area (Å²) in [6, 6.07) is 15.4. The maximum atomic E-state index is 12.4. The highest BCUT2D eigenvalue weighted by molar-refractivity contribution is 5.81. The number of anilines is 1. The number of amides is 1. The number of fused-ring (bicyclic) bond motifs is 1. The zero-order valence-corrected chi connectivity index (χ0v) is 15.0. The van der Waals surface area contributed by atoms with Crippen LogP contribution in [0.5, 0.6) is 0 Å². The summed E-state index contributed by atoms with van der Waals surface area (Å²) in [5, 5.41) is 8.26. The molecule has 1 aromatic heterocycles. The fourth-order valence-corrected chi connectivity index (χ4v) is 2.74. The average molecular weight is 350 g/mol. The van der Waals surface area contributed by atoms with Crippen molar-refractivity contribution in [3.63, 3.8) is 0 Å². The monoisotopic (exact) mass is 350 g/mol. The molecule has 0 fully saturated rings. The summed E-state index contributed by atoms with van der Waals surface area (Å²) in [6.45, 7) is 0.436. The van der Waals surface area contributed by atoms with Gasteiger partial charge in [-0.05, 0) is 30.2 Å². The van der Waals surface area contributed by atoms with Gasteiger partial charge in [0.05, 0.1) is 11.6 Å². The van der Waals surface area contributed by atoms with Crippen molar-refractivity contribution >= 4 is 22.4 Å². The molecule has 0 unspecified atom stereocenters. The van der Waals surface area contributed by atoms with E-state index in [0.717, 1.165) is 23.1 Å². The van der Waals surface area contributed by atoms with E-state index in [2.05, 4.69) is 34.7 Å². The van der Waals surface area contributed by atoms with Crippen molar-refractivity contribution in [3.8, 4) is 0 Å². The minimum atomic E-state index is -0.252. The first-order valence-electron chi connectivity index (χ1n) is 8.52. The highest BCUT2D eigenvalue weighted by Gasteiger charge is 2.08. The molecular formula is C20H22N4O2. The number of aromatic nitrogens is 2. The van der Waals surface area contributed by atoms with E-state index in [0.29, 0.717) is 11.9 Å². The molecule has 1 N–H and O–H groups in total. The van der Waals surface area contributed by atoms with Gasteiger partial charge in [-0.1, -0.05) is 30.3 Å². The van der Waals surface area contributed by atoms with Crippen LogP contribution in [0.4, 0.5) is 5.69 Å². The van der Waals surface area contributed by atoms with Crippen LogP contribution in [0.1, 0.15) is 5.56 Å². The van der Waals surface area contributed by atoms with Crippen LogP contribution in [0, 0.1) is 0 Å². The quantitative estimate of drug-likeness (QED) is 0.736. The Balaban J connectivity index is 1.56. The molecule has 6 heteroatoms. The van der Waals surface area contributed by atoms with E-state index >= 15 is 0 Å². The molecule has 3 rings (SSSR count). The first-order chi connectivity index (χ1) is 12.5. The predicted molar refractivity (Wildman–Crippen MR) is 103 cm³/mol. The van der Waals surface area contributed by atoms with Gasteiger partial charge in [0.2, 0.25) is 5.91 Å². The standard InChI is InChI=1S/C20H22N4O2/c1-23(2)17-9-7-15(8-10-17)11-12-21-19(25)14-24-20(26)18-6-4-3-5-16(18)13-22-24/h3-10,13H,11-12,14H2,1-2H3,(H,21,25). The number of nitrogens with zero attached hydrogens (tertiary/aromatic N) is 3. The molecule has 6 nitrogen and oxygen atoms in total. The molecule has 134 valence electrons. The van der Waals surface area contributed by atoms with Crippen molar-refractivity contribution in [2.24, 2.45) is 0 Å². The minimum absolute atomic E-state index is 0.0801. The van der Waals surface area contributed by atoms with Gasteiger partial charge < -0.3 is 10.2 Å².